The summed E-state index contributed by atoms with van der Waals surface area (Å²) in [5.74, 6) is -0.445. The van der Waals surface area contributed by atoms with Crippen molar-refractivity contribution in [3.8, 4) is 5.69 Å². The molecule has 0 aliphatic carbocycles. The van der Waals surface area contributed by atoms with Crippen molar-refractivity contribution in [2.75, 3.05) is 0 Å². The Morgan fingerprint density at radius 2 is 2.11 bits per heavy atom. The third-order valence-corrected chi connectivity index (χ3v) is 3.80. The van der Waals surface area contributed by atoms with Gasteiger partial charge in [0.05, 0.1) is 22.3 Å². The first-order valence-corrected chi connectivity index (χ1v) is 6.56. The van der Waals surface area contributed by atoms with Gasteiger partial charge >= 0.3 is 0 Å². The molecule has 0 aliphatic rings. The van der Waals surface area contributed by atoms with E-state index in [0.29, 0.717) is 5.69 Å². The maximum atomic E-state index is 13.1. The zero-order chi connectivity index (χ0) is 12.7. The lowest BCUT2D eigenvalue weighted by Crippen LogP contribution is -1.98. The van der Waals surface area contributed by atoms with Gasteiger partial charge in [0.2, 0.25) is 0 Å². The van der Waals surface area contributed by atoms with Gasteiger partial charge in [-0.3, -0.25) is 0 Å². The van der Waals surface area contributed by atoms with Gasteiger partial charge in [-0.1, -0.05) is 11.6 Å². The monoisotopic (exact) mass is 373 g/mol. The predicted molar refractivity (Wildman–Crippen MR) is 76.6 cm³/mol. The zero-order valence-corrected chi connectivity index (χ0v) is 11.9. The smallest absolute Gasteiger partial charge is 0.163 e. The first kappa shape index (κ1) is 11.9. The van der Waals surface area contributed by atoms with Gasteiger partial charge in [-0.25, -0.2) is 14.1 Å². The Morgan fingerprint density at radius 1 is 1.28 bits per heavy atom. The van der Waals surface area contributed by atoms with Crippen LogP contribution in [0.2, 0.25) is 5.02 Å². The van der Waals surface area contributed by atoms with Crippen LogP contribution in [0.15, 0.2) is 36.7 Å². The number of rotatable bonds is 1. The highest BCUT2D eigenvalue weighted by molar-refractivity contribution is 14.1. The van der Waals surface area contributed by atoms with E-state index in [-0.39, 0.29) is 5.02 Å². The summed E-state index contributed by atoms with van der Waals surface area (Å²) in [6.45, 7) is 0. The van der Waals surface area contributed by atoms with Gasteiger partial charge in [0.1, 0.15) is 5.82 Å². The minimum atomic E-state index is -0.445. The number of pyridine rings is 1. The van der Waals surface area contributed by atoms with E-state index >= 15 is 0 Å². The van der Waals surface area contributed by atoms with Crippen molar-refractivity contribution >= 4 is 45.2 Å². The fourth-order valence-corrected chi connectivity index (χ4v) is 2.42. The molecule has 1 aromatic carbocycles. The Labute approximate surface area is 121 Å². The molecular formula is C12H6ClFIN3. The molecule has 0 saturated carbocycles. The lowest BCUT2D eigenvalue weighted by atomic mass is 10.3. The standard InChI is InChI=1S/C12H6ClFIN3/c13-9-5-7(1-2-10(9)14)18-12-8(6-17-18)11(15)3-4-16-12/h1-6H. The number of hydrogen-bond acceptors (Lipinski definition) is 2. The summed E-state index contributed by atoms with van der Waals surface area (Å²) >= 11 is 8.00. The van der Waals surface area contributed by atoms with Gasteiger partial charge in [0.25, 0.3) is 0 Å². The van der Waals surface area contributed by atoms with E-state index in [9.17, 15) is 4.39 Å². The van der Waals surface area contributed by atoms with Crippen molar-refractivity contribution in [2.45, 2.75) is 0 Å². The van der Waals surface area contributed by atoms with E-state index in [2.05, 4.69) is 32.7 Å². The SMILES string of the molecule is Fc1ccc(-n2ncc3c(I)ccnc32)cc1Cl. The second-order valence-corrected chi connectivity index (χ2v) is 5.25. The third-order valence-electron chi connectivity index (χ3n) is 2.57. The minimum absolute atomic E-state index is 0.0711. The number of hydrogen-bond donors (Lipinski definition) is 0. The second kappa shape index (κ2) is 4.47. The van der Waals surface area contributed by atoms with E-state index in [1.807, 2.05) is 6.07 Å². The Kier molecular flexibility index (Phi) is 2.95. The summed E-state index contributed by atoms with van der Waals surface area (Å²) in [4.78, 5) is 4.29. The maximum Gasteiger partial charge on any atom is 0.163 e. The fraction of sp³-hybridized carbons (Fsp3) is 0. The normalized spacial score (nSPS) is 11.1. The van der Waals surface area contributed by atoms with Crippen molar-refractivity contribution < 1.29 is 4.39 Å². The summed E-state index contributed by atoms with van der Waals surface area (Å²) in [5, 5.41) is 5.29. The van der Waals surface area contributed by atoms with Crippen LogP contribution in [0.25, 0.3) is 16.7 Å². The van der Waals surface area contributed by atoms with Crippen LogP contribution in [0.5, 0.6) is 0 Å². The molecule has 0 unspecified atom stereocenters. The number of aromatic nitrogens is 3. The van der Waals surface area contributed by atoms with Crippen molar-refractivity contribution in [1.82, 2.24) is 14.8 Å². The maximum absolute atomic E-state index is 13.1. The van der Waals surface area contributed by atoms with Gasteiger partial charge in [0.15, 0.2) is 5.65 Å². The lowest BCUT2D eigenvalue weighted by Gasteiger charge is -2.04. The topological polar surface area (TPSA) is 30.7 Å². The molecule has 2 heterocycles. The molecule has 18 heavy (non-hydrogen) atoms. The molecule has 3 nitrogen and oxygen atoms in total. The fourth-order valence-electron chi connectivity index (χ4n) is 1.70. The Hall–Kier alpha value is -1.21. The quantitative estimate of drug-likeness (QED) is 0.607. The number of benzene rings is 1. The van der Waals surface area contributed by atoms with E-state index in [1.54, 1.807) is 23.1 Å². The number of fused-ring (bicyclic) bond motifs is 1. The number of halogens is 3. The minimum Gasteiger partial charge on any atom is -0.236 e. The predicted octanol–water partition coefficient (Wildman–Crippen LogP) is 3.82. The second-order valence-electron chi connectivity index (χ2n) is 3.68. The largest absolute Gasteiger partial charge is 0.236 e. The van der Waals surface area contributed by atoms with Gasteiger partial charge in [-0.15, -0.1) is 0 Å². The summed E-state index contributed by atoms with van der Waals surface area (Å²) in [5.41, 5.74) is 1.41. The van der Waals surface area contributed by atoms with Crippen LogP contribution in [0.3, 0.4) is 0 Å². The molecule has 6 heteroatoms. The molecular weight excluding hydrogens is 368 g/mol. The van der Waals surface area contributed by atoms with E-state index in [4.69, 9.17) is 11.6 Å². The molecule has 3 rings (SSSR count). The first-order valence-electron chi connectivity index (χ1n) is 5.10. The average molecular weight is 374 g/mol. The molecule has 2 aromatic heterocycles. The molecule has 3 aromatic rings. The molecule has 0 atom stereocenters. The van der Waals surface area contributed by atoms with E-state index in [0.717, 1.165) is 14.6 Å². The molecule has 0 fully saturated rings. The lowest BCUT2D eigenvalue weighted by molar-refractivity contribution is 0.627. The van der Waals surface area contributed by atoms with Crippen LogP contribution < -0.4 is 0 Å². The van der Waals surface area contributed by atoms with Crippen molar-refractivity contribution in [3.05, 3.63) is 51.1 Å². The van der Waals surface area contributed by atoms with Crippen LogP contribution in [0, 0.1) is 9.39 Å². The Balaban J connectivity index is 2.25. The molecule has 0 bridgehead atoms. The number of nitrogens with zero attached hydrogens (tertiary/aromatic N) is 3. The highest BCUT2D eigenvalue weighted by Crippen LogP contribution is 2.23. The zero-order valence-electron chi connectivity index (χ0n) is 8.94. The first-order chi connectivity index (χ1) is 8.66. The summed E-state index contributed by atoms with van der Waals surface area (Å²) < 4.78 is 15.8. The van der Waals surface area contributed by atoms with Crippen molar-refractivity contribution in [2.24, 2.45) is 0 Å². The van der Waals surface area contributed by atoms with Gasteiger partial charge in [0, 0.05) is 9.77 Å². The van der Waals surface area contributed by atoms with Crippen LogP contribution in [0.1, 0.15) is 0 Å². The van der Waals surface area contributed by atoms with Crippen LogP contribution in [-0.2, 0) is 0 Å². The molecule has 0 N–H and O–H groups in total. The highest BCUT2D eigenvalue weighted by atomic mass is 127. The van der Waals surface area contributed by atoms with Crippen molar-refractivity contribution in [1.29, 1.82) is 0 Å². The highest BCUT2D eigenvalue weighted by Gasteiger charge is 2.09. The van der Waals surface area contributed by atoms with E-state index < -0.39 is 5.82 Å². The summed E-state index contributed by atoms with van der Waals surface area (Å²) in [6, 6.07) is 6.38. The summed E-state index contributed by atoms with van der Waals surface area (Å²) in [7, 11) is 0. The van der Waals surface area contributed by atoms with Crippen LogP contribution in [-0.4, -0.2) is 14.8 Å². The molecule has 0 radical (unpaired) electrons. The van der Waals surface area contributed by atoms with Crippen LogP contribution in [0.4, 0.5) is 4.39 Å². The molecule has 90 valence electrons. The molecule has 0 amide bonds. The van der Waals surface area contributed by atoms with E-state index in [1.165, 1.54) is 12.1 Å². The third kappa shape index (κ3) is 1.87. The average Bonchev–Trinajstić information content (AvgIpc) is 2.78. The molecule has 0 aliphatic heterocycles. The Morgan fingerprint density at radius 3 is 2.89 bits per heavy atom. The Bertz CT molecular complexity index is 741. The molecule has 0 saturated heterocycles. The summed E-state index contributed by atoms with van der Waals surface area (Å²) in [6.07, 6.45) is 3.45. The van der Waals surface area contributed by atoms with Crippen LogP contribution >= 0.6 is 34.2 Å². The van der Waals surface area contributed by atoms with Gasteiger partial charge in [-0.2, -0.15) is 5.10 Å². The van der Waals surface area contributed by atoms with Crippen molar-refractivity contribution in [3.63, 3.8) is 0 Å². The molecule has 0 spiro atoms. The van der Waals surface area contributed by atoms with Gasteiger partial charge in [-0.05, 0) is 46.9 Å². The van der Waals surface area contributed by atoms with Gasteiger partial charge < -0.3 is 0 Å².